The lowest BCUT2D eigenvalue weighted by atomic mass is 10.4. The molecule has 0 unspecified atom stereocenters. The van der Waals surface area contributed by atoms with Crippen molar-refractivity contribution in [2.45, 2.75) is 6.42 Å². The van der Waals surface area contributed by atoms with Crippen molar-refractivity contribution < 1.29 is 0 Å². The van der Waals surface area contributed by atoms with Crippen LogP contribution in [0.3, 0.4) is 0 Å². The number of rotatable bonds is 4. The molecule has 78 valence electrons. The van der Waals surface area contributed by atoms with Crippen LogP contribution in [0.25, 0.3) is 0 Å². The second kappa shape index (κ2) is 5.18. The molecule has 0 aliphatic rings. The molecule has 0 saturated carbocycles. The van der Waals surface area contributed by atoms with E-state index in [9.17, 15) is 0 Å². The van der Waals surface area contributed by atoms with Gasteiger partial charge in [0.1, 0.15) is 0 Å². The van der Waals surface area contributed by atoms with E-state index >= 15 is 0 Å². The van der Waals surface area contributed by atoms with E-state index in [-0.39, 0.29) is 0 Å². The first-order valence-corrected chi connectivity index (χ1v) is 6.11. The number of halogens is 1. The lowest BCUT2D eigenvalue weighted by Gasteiger charge is -2.02. The highest BCUT2D eigenvalue weighted by Crippen LogP contribution is 2.07. The van der Waals surface area contributed by atoms with Crippen molar-refractivity contribution in [3.63, 3.8) is 0 Å². The quantitative estimate of drug-likeness (QED) is 0.937. The lowest BCUT2D eigenvalue weighted by molar-refractivity contribution is 0.968. The molecule has 4 nitrogen and oxygen atoms in total. The molecule has 0 spiro atoms. The summed E-state index contributed by atoms with van der Waals surface area (Å²) in [6.07, 6.45) is 6.16. The van der Waals surface area contributed by atoms with E-state index in [4.69, 9.17) is 0 Å². The van der Waals surface area contributed by atoms with E-state index in [0.29, 0.717) is 5.95 Å². The highest BCUT2D eigenvalue weighted by molar-refractivity contribution is 9.10. The third kappa shape index (κ3) is 3.24. The van der Waals surface area contributed by atoms with E-state index in [0.717, 1.165) is 22.4 Å². The predicted octanol–water partition coefficient (Wildman–Crippen LogP) is 2.35. The predicted molar refractivity (Wildman–Crippen MR) is 64.0 cm³/mol. The van der Waals surface area contributed by atoms with Gasteiger partial charge in [0.25, 0.3) is 0 Å². The molecule has 6 heteroatoms. The summed E-state index contributed by atoms with van der Waals surface area (Å²) in [5.41, 5.74) is 0. The molecule has 1 N–H and O–H groups in total. The maximum absolute atomic E-state index is 4.19. The van der Waals surface area contributed by atoms with Crippen LogP contribution in [-0.2, 0) is 6.42 Å². The summed E-state index contributed by atoms with van der Waals surface area (Å²) in [6.45, 7) is 0.801. The van der Waals surface area contributed by atoms with Crippen LogP contribution in [0.4, 0.5) is 5.95 Å². The normalized spacial score (nSPS) is 10.2. The largest absolute Gasteiger partial charge is 0.354 e. The van der Waals surface area contributed by atoms with Crippen molar-refractivity contribution in [1.82, 2.24) is 15.0 Å². The van der Waals surface area contributed by atoms with Crippen molar-refractivity contribution in [3.8, 4) is 0 Å². The van der Waals surface area contributed by atoms with Gasteiger partial charge in [-0.25, -0.2) is 15.0 Å². The number of nitrogens with zero attached hydrogens (tertiary/aromatic N) is 3. The van der Waals surface area contributed by atoms with E-state index in [1.807, 2.05) is 11.6 Å². The summed E-state index contributed by atoms with van der Waals surface area (Å²) in [7, 11) is 0. The van der Waals surface area contributed by atoms with Crippen LogP contribution in [-0.4, -0.2) is 21.5 Å². The van der Waals surface area contributed by atoms with Crippen LogP contribution in [0.1, 0.15) is 5.01 Å². The molecule has 0 atom stereocenters. The summed E-state index contributed by atoms with van der Waals surface area (Å²) in [6, 6.07) is 0. The molecule has 0 aliphatic carbocycles. The molecule has 0 fully saturated rings. The van der Waals surface area contributed by atoms with E-state index < -0.39 is 0 Å². The first kappa shape index (κ1) is 10.5. The topological polar surface area (TPSA) is 50.7 Å². The van der Waals surface area contributed by atoms with Crippen molar-refractivity contribution >= 4 is 33.2 Å². The smallest absolute Gasteiger partial charge is 0.222 e. The summed E-state index contributed by atoms with van der Waals surface area (Å²) in [5, 5.41) is 6.24. The first-order chi connectivity index (χ1) is 7.34. The lowest BCUT2D eigenvalue weighted by Crippen LogP contribution is -2.07. The zero-order valence-electron chi connectivity index (χ0n) is 7.85. The Balaban J connectivity index is 1.81. The molecule has 2 aromatic heterocycles. The van der Waals surface area contributed by atoms with Gasteiger partial charge in [-0.15, -0.1) is 11.3 Å². The van der Waals surface area contributed by atoms with E-state index in [1.54, 1.807) is 23.7 Å². The molecular formula is C9H9BrN4S. The second-order valence-electron chi connectivity index (χ2n) is 2.83. The molecule has 2 heterocycles. The number of hydrogen-bond acceptors (Lipinski definition) is 5. The Kier molecular flexibility index (Phi) is 3.63. The van der Waals surface area contributed by atoms with Crippen LogP contribution in [0, 0.1) is 0 Å². The van der Waals surface area contributed by atoms with E-state index in [2.05, 4.69) is 36.2 Å². The van der Waals surface area contributed by atoms with Gasteiger partial charge in [0.2, 0.25) is 5.95 Å². The number of nitrogens with one attached hydrogen (secondary N) is 1. The van der Waals surface area contributed by atoms with Gasteiger partial charge >= 0.3 is 0 Å². The molecular weight excluding hydrogens is 276 g/mol. The van der Waals surface area contributed by atoms with Crippen molar-refractivity contribution in [3.05, 3.63) is 33.5 Å². The molecule has 0 amide bonds. The molecule has 0 aliphatic heterocycles. The van der Waals surface area contributed by atoms with Crippen molar-refractivity contribution in [2.75, 3.05) is 11.9 Å². The van der Waals surface area contributed by atoms with Crippen LogP contribution in [0.5, 0.6) is 0 Å². The fraction of sp³-hybridized carbons (Fsp3) is 0.222. The molecule has 0 bridgehead atoms. The zero-order chi connectivity index (χ0) is 10.5. The van der Waals surface area contributed by atoms with E-state index in [1.165, 1.54) is 0 Å². The van der Waals surface area contributed by atoms with Gasteiger partial charge in [0, 0.05) is 36.9 Å². The minimum absolute atomic E-state index is 0.648. The summed E-state index contributed by atoms with van der Waals surface area (Å²) in [4.78, 5) is 12.4. The maximum atomic E-state index is 4.19. The van der Waals surface area contributed by atoms with Crippen LogP contribution >= 0.6 is 27.3 Å². The van der Waals surface area contributed by atoms with Crippen LogP contribution < -0.4 is 5.32 Å². The van der Waals surface area contributed by atoms with Gasteiger partial charge < -0.3 is 5.32 Å². The Bertz CT molecular complexity index is 401. The Hall–Kier alpha value is -1.01. The zero-order valence-corrected chi connectivity index (χ0v) is 10.3. The van der Waals surface area contributed by atoms with Crippen molar-refractivity contribution in [1.29, 1.82) is 0 Å². The second-order valence-corrected chi connectivity index (χ2v) is 4.72. The van der Waals surface area contributed by atoms with Gasteiger partial charge in [-0.1, -0.05) is 0 Å². The number of thiazole rings is 1. The molecule has 0 saturated heterocycles. The molecule has 2 aromatic rings. The Morgan fingerprint density at radius 2 is 2.07 bits per heavy atom. The number of aromatic nitrogens is 3. The minimum Gasteiger partial charge on any atom is -0.354 e. The Morgan fingerprint density at radius 3 is 2.73 bits per heavy atom. The Labute approximate surface area is 99.9 Å². The van der Waals surface area contributed by atoms with Gasteiger partial charge in [-0.2, -0.15) is 0 Å². The third-order valence-corrected chi connectivity index (χ3v) is 2.97. The standard InChI is InChI=1S/C9H9BrN4S/c10-7-5-13-9(14-6-7)12-2-1-8-11-3-4-15-8/h3-6H,1-2H2,(H,12,13,14). The average Bonchev–Trinajstić information content (AvgIpc) is 2.74. The monoisotopic (exact) mass is 284 g/mol. The maximum Gasteiger partial charge on any atom is 0.222 e. The van der Waals surface area contributed by atoms with Crippen molar-refractivity contribution in [2.24, 2.45) is 0 Å². The summed E-state index contributed by atoms with van der Waals surface area (Å²) < 4.78 is 0.882. The highest BCUT2D eigenvalue weighted by Gasteiger charge is 1.97. The highest BCUT2D eigenvalue weighted by atomic mass is 79.9. The van der Waals surface area contributed by atoms with Gasteiger partial charge in [0.05, 0.1) is 9.48 Å². The fourth-order valence-corrected chi connectivity index (χ4v) is 1.89. The van der Waals surface area contributed by atoms with Gasteiger partial charge in [-0.05, 0) is 15.9 Å². The summed E-state index contributed by atoms with van der Waals surface area (Å²) in [5.74, 6) is 0.648. The van der Waals surface area contributed by atoms with Gasteiger partial charge in [0.15, 0.2) is 0 Å². The molecule has 0 radical (unpaired) electrons. The first-order valence-electron chi connectivity index (χ1n) is 4.44. The molecule has 0 aromatic carbocycles. The Morgan fingerprint density at radius 1 is 1.27 bits per heavy atom. The third-order valence-electron chi connectivity index (χ3n) is 1.73. The van der Waals surface area contributed by atoms with Crippen LogP contribution in [0.15, 0.2) is 28.4 Å². The molecule has 2 rings (SSSR count). The van der Waals surface area contributed by atoms with Gasteiger partial charge in [-0.3, -0.25) is 0 Å². The summed E-state index contributed by atoms with van der Waals surface area (Å²) >= 11 is 4.95. The van der Waals surface area contributed by atoms with Crippen LogP contribution in [0.2, 0.25) is 0 Å². The number of anilines is 1. The average molecular weight is 285 g/mol. The minimum atomic E-state index is 0.648. The number of hydrogen-bond donors (Lipinski definition) is 1. The fourth-order valence-electron chi connectivity index (χ4n) is 1.06. The molecule has 15 heavy (non-hydrogen) atoms. The SMILES string of the molecule is Brc1cnc(NCCc2nccs2)nc1.